The number of nitrogens with zero attached hydrogens (tertiary/aromatic N) is 1. The third-order valence-corrected chi connectivity index (χ3v) is 5.21. The molecule has 2 aliphatic rings. The van der Waals surface area contributed by atoms with Gasteiger partial charge in [0.05, 0.1) is 12.6 Å². The van der Waals surface area contributed by atoms with Gasteiger partial charge in [0.15, 0.2) is 0 Å². The lowest BCUT2D eigenvalue weighted by molar-refractivity contribution is -0.150. The molecule has 1 radical (unpaired) electrons. The molecule has 2 aliphatic heterocycles. The van der Waals surface area contributed by atoms with Crippen LogP contribution < -0.4 is 5.32 Å². The molecule has 4 nitrogen and oxygen atoms in total. The second-order valence-electron chi connectivity index (χ2n) is 6.57. The van der Waals surface area contributed by atoms with Crippen molar-refractivity contribution in [1.82, 2.24) is 10.4 Å². The van der Waals surface area contributed by atoms with Crippen LogP contribution in [0.25, 0.3) is 5.57 Å². The van der Waals surface area contributed by atoms with E-state index < -0.39 is 0 Å². The highest BCUT2D eigenvalue weighted by Crippen LogP contribution is 2.42. The molecule has 1 N–H and O–H groups in total. The lowest BCUT2D eigenvalue weighted by Gasteiger charge is -2.40. The Morgan fingerprint density at radius 3 is 2.61 bits per heavy atom. The second kappa shape index (κ2) is 6.10. The number of rotatable bonds is 3. The van der Waals surface area contributed by atoms with Gasteiger partial charge in [0.2, 0.25) is 0 Å². The van der Waals surface area contributed by atoms with Crippen LogP contribution in [-0.4, -0.2) is 36.7 Å². The van der Waals surface area contributed by atoms with Crippen LogP contribution in [0.2, 0.25) is 0 Å². The average molecular weight is 313 g/mol. The van der Waals surface area contributed by atoms with E-state index in [1.54, 1.807) is 7.11 Å². The first-order chi connectivity index (χ1) is 11.0. The Labute approximate surface area is 138 Å². The highest BCUT2D eigenvalue weighted by atomic mass is 16.7. The van der Waals surface area contributed by atoms with Gasteiger partial charge in [-0.25, -0.2) is 0 Å². The van der Waals surface area contributed by atoms with Gasteiger partial charge < -0.3 is 10.2 Å². The number of piperidine rings is 1. The Bertz CT molecular complexity index is 655. The van der Waals surface area contributed by atoms with E-state index in [0.717, 1.165) is 48.2 Å². The molecule has 0 saturated carbocycles. The second-order valence-corrected chi connectivity index (χ2v) is 6.57. The Morgan fingerprint density at radius 2 is 2.00 bits per heavy atom. The lowest BCUT2D eigenvalue weighted by Crippen LogP contribution is -2.52. The first kappa shape index (κ1) is 16.2. The maximum Gasteiger partial charge on any atom is 0.252 e. The van der Waals surface area contributed by atoms with E-state index in [1.165, 1.54) is 5.56 Å². The number of hydroxylamine groups is 2. The molecule has 1 aromatic rings. The van der Waals surface area contributed by atoms with E-state index in [1.807, 2.05) is 5.06 Å². The summed E-state index contributed by atoms with van der Waals surface area (Å²) in [7, 11) is 1.70. The Kier molecular flexibility index (Phi) is 4.30. The van der Waals surface area contributed by atoms with Crippen LogP contribution in [0, 0.1) is 20.8 Å². The predicted octanol–water partition coefficient (Wildman–Crippen LogP) is 2.81. The Hall–Kier alpha value is -1.65. The van der Waals surface area contributed by atoms with Crippen molar-refractivity contribution in [3.8, 4) is 0 Å². The molecule has 1 saturated heterocycles. The smallest absolute Gasteiger partial charge is 0.252 e. The van der Waals surface area contributed by atoms with Gasteiger partial charge in [0, 0.05) is 18.7 Å². The molecule has 0 aliphatic carbocycles. The predicted molar refractivity (Wildman–Crippen MR) is 91.5 cm³/mol. The highest BCUT2D eigenvalue weighted by molar-refractivity contribution is 6.24. The fraction of sp³-hybridized carbons (Fsp3) is 0.474. The molecule has 2 heterocycles. The summed E-state index contributed by atoms with van der Waals surface area (Å²) >= 11 is 0. The van der Waals surface area contributed by atoms with Crippen molar-refractivity contribution in [2.75, 3.05) is 20.2 Å². The van der Waals surface area contributed by atoms with Crippen LogP contribution in [-0.2, 0) is 9.63 Å². The van der Waals surface area contributed by atoms with E-state index in [4.69, 9.17) is 4.84 Å². The molecular formula is C19H25N2O2. The summed E-state index contributed by atoms with van der Waals surface area (Å²) in [5, 5.41) is 5.23. The van der Waals surface area contributed by atoms with Gasteiger partial charge in [-0.3, -0.25) is 4.79 Å². The normalized spacial score (nSPS) is 21.1. The minimum atomic E-state index is -0.251. The summed E-state index contributed by atoms with van der Waals surface area (Å²) in [4.78, 5) is 18.1. The molecule has 1 spiro atoms. The molecular weight excluding hydrogens is 288 g/mol. The number of carbonyl (C=O) groups excluding carboxylic acids is 1. The van der Waals surface area contributed by atoms with Gasteiger partial charge in [0.25, 0.3) is 5.91 Å². The minimum absolute atomic E-state index is 0.0446. The summed E-state index contributed by atoms with van der Waals surface area (Å²) in [6, 6.07) is 6.29. The molecule has 1 aromatic carbocycles. The molecule has 123 valence electrons. The topological polar surface area (TPSA) is 41.6 Å². The van der Waals surface area contributed by atoms with Crippen molar-refractivity contribution < 1.29 is 9.63 Å². The van der Waals surface area contributed by atoms with Crippen LogP contribution >= 0.6 is 0 Å². The van der Waals surface area contributed by atoms with E-state index in [-0.39, 0.29) is 11.4 Å². The summed E-state index contributed by atoms with van der Waals surface area (Å²) in [5.41, 5.74) is 5.10. The van der Waals surface area contributed by atoms with Crippen molar-refractivity contribution in [2.24, 2.45) is 0 Å². The zero-order chi connectivity index (χ0) is 16.6. The van der Waals surface area contributed by atoms with Crippen LogP contribution in [0.5, 0.6) is 0 Å². The first-order valence-corrected chi connectivity index (χ1v) is 8.23. The van der Waals surface area contributed by atoms with Gasteiger partial charge in [-0.15, -0.1) is 0 Å². The number of hydrogen-bond acceptors (Lipinski definition) is 3. The fourth-order valence-corrected chi connectivity index (χ4v) is 3.86. The van der Waals surface area contributed by atoms with E-state index in [0.29, 0.717) is 6.42 Å². The summed E-state index contributed by atoms with van der Waals surface area (Å²) in [6.45, 7) is 9.89. The van der Waals surface area contributed by atoms with Crippen molar-refractivity contribution in [3.63, 3.8) is 0 Å². The number of carbonyl (C=O) groups is 1. The number of hydrogen-bond donors (Lipinski definition) is 1. The lowest BCUT2D eigenvalue weighted by atomic mass is 9.79. The summed E-state index contributed by atoms with van der Waals surface area (Å²) < 4.78 is 0. The maximum absolute atomic E-state index is 12.8. The molecule has 1 fully saturated rings. The quantitative estimate of drug-likeness (QED) is 0.933. The standard InChI is InChI=1S/C19H25N2O2/c1-5-16-17(15-12-13(2)6-7-14(15)3)18(22)20-19(16)8-10-21(23-4)11-9-19/h6-7,12H,1,5,8-11H2,2-4H3,(H,20,22). The van der Waals surface area contributed by atoms with Crippen LogP contribution in [0.15, 0.2) is 23.8 Å². The SMILES string of the molecule is [CH2]CC1=C(c2cc(C)ccc2C)C(=O)NC12CCN(OC)CC2. The van der Waals surface area contributed by atoms with Crippen molar-refractivity contribution in [3.05, 3.63) is 47.4 Å². The molecule has 0 atom stereocenters. The van der Waals surface area contributed by atoms with Gasteiger partial charge in [-0.05, 0) is 56.7 Å². The van der Waals surface area contributed by atoms with Crippen molar-refractivity contribution in [2.45, 2.75) is 38.6 Å². The zero-order valence-corrected chi connectivity index (χ0v) is 14.2. The Morgan fingerprint density at radius 1 is 1.30 bits per heavy atom. The van der Waals surface area contributed by atoms with Crippen molar-refractivity contribution in [1.29, 1.82) is 0 Å². The molecule has 23 heavy (non-hydrogen) atoms. The van der Waals surface area contributed by atoms with Gasteiger partial charge in [0.1, 0.15) is 0 Å². The zero-order valence-electron chi connectivity index (χ0n) is 14.2. The molecule has 1 amide bonds. The number of amides is 1. The van der Waals surface area contributed by atoms with Crippen LogP contribution in [0.3, 0.4) is 0 Å². The van der Waals surface area contributed by atoms with Crippen LogP contribution in [0.1, 0.15) is 36.0 Å². The summed E-state index contributed by atoms with van der Waals surface area (Å²) in [5.74, 6) is 0.0446. The third-order valence-electron chi connectivity index (χ3n) is 5.21. The number of nitrogens with one attached hydrogen (secondary N) is 1. The molecule has 4 heteroatoms. The molecule has 3 rings (SSSR count). The fourth-order valence-electron chi connectivity index (χ4n) is 3.86. The van der Waals surface area contributed by atoms with Gasteiger partial charge in [-0.2, -0.15) is 5.06 Å². The first-order valence-electron chi connectivity index (χ1n) is 8.23. The van der Waals surface area contributed by atoms with Gasteiger partial charge in [-0.1, -0.05) is 23.8 Å². The number of benzene rings is 1. The third kappa shape index (κ3) is 2.70. The van der Waals surface area contributed by atoms with E-state index in [9.17, 15) is 4.79 Å². The largest absolute Gasteiger partial charge is 0.343 e. The summed E-state index contributed by atoms with van der Waals surface area (Å²) in [6.07, 6.45) is 2.38. The monoisotopic (exact) mass is 313 g/mol. The minimum Gasteiger partial charge on any atom is -0.343 e. The highest BCUT2D eigenvalue weighted by Gasteiger charge is 2.46. The van der Waals surface area contributed by atoms with Gasteiger partial charge >= 0.3 is 0 Å². The maximum atomic E-state index is 12.8. The van der Waals surface area contributed by atoms with E-state index >= 15 is 0 Å². The molecule has 0 bridgehead atoms. The molecule has 0 unspecified atom stereocenters. The van der Waals surface area contributed by atoms with Crippen LogP contribution in [0.4, 0.5) is 0 Å². The number of aryl methyl sites for hydroxylation is 2. The molecule has 0 aromatic heterocycles. The average Bonchev–Trinajstić information content (AvgIpc) is 2.81. The van der Waals surface area contributed by atoms with E-state index in [2.05, 4.69) is 44.3 Å². The Balaban J connectivity index is 2.05. The van der Waals surface area contributed by atoms with Crippen molar-refractivity contribution >= 4 is 11.5 Å².